The smallest absolute Gasteiger partial charge is 0.261 e. The van der Waals surface area contributed by atoms with Crippen LogP contribution in [0, 0.1) is 0 Å². The summed E-state index contributed by atoms with van der Waals surface area (Å²) in [7, 11) is -1.82. The molecular formula is C22H21ClN2O4S. The predicted molar refractivity (Wildman–Crippen MR) is 118 cm³/mol. The molecule has 8 heteroatoms. The maximum absolute atomic E-state index is 12.8. The van der Waals surface area contributed by atoms with Gasteiger partial charge in [0, 0.05) is 17.8 Å². The lowest BCUT2D eigenvalue weighted by atomic mass is 10.2. The molecule has 30 heavy (non-hydrogen) atoms. The Morgan fingerprint density at radius 2 is 1.80 bits per heavy atom. The van der Waals surface area contributed by atoms with E-state index in [1.165, 1.54) is 0 Å². The predicted octanol–water partition coefficient (Wildman–Crippen LogP) is 4.55. The van der Waals surface area contributed by atoms with E-state index in [0.29, 0.717) is 42.0 Å². The van der Waals surface area contributed by atoms with Crippen molar-refractivity contribution in [2.24, 2.45) is 0 Å². The summed E-state index contributed by atoms with van der Waals surface area (Å²) in [5, 5.41) is 0.675. The molecule has 0 amide bonds. The molecule has 1 aliphatic heterocycles. The molecule has 1 N–H and O–H groups in total. The van der Waals surface area contributed by atoms with Gasteiger partial charge in [0.25, 0.3) is 10.0 Å². The van der Waals surface area contributed by atoms with Gasteiger partial charge in [-0.1, -0.05) is 23.7 Å². The Morgan fingerprint density at radius 3 is 2.53 bits per heavy atom. The van der Waals surface area contributed by atoms with Gasteiger partial charge < -0.3 is 14.4 Å². The number of hydrogen-bond donors (Lipinski definition) is 1. The van der Waals surface area contributed by atoms with Crippen LogP contribution >= 0.6 is 11.6 Å². The molecule has 0 aromatic heterocycles. The van der Waals surface area contributed by atoms with E-state index in [1.54, 1.807) is 42.5 Å². The van der Waals surface area contributed by atoms with E-state index in [4.69, 9.17) is 21.1 Å². The van der Waals surface area contributed by atoms with E-state index in [0.717, 1.165) is 11.3 Å². The van der Waals surface area contributed by atoms with Gasteiger partial charge in [-0.25, -0.2) is 8.42 Å². The molecule has 156 valence electrons. The number of ether oxygens (including phenoxy) is 2. The van der Waals surface area contributed by atoms with Gasteiger partial charge in [-0.3, -0.25) is 4.72 Å². The average molecular weight is 445 g/mol. The molecular weight excluding hydrogens is 424 g/mol. The minimum atomic E-state index is -3.73. The number of anilines is 2. The van der Waals surface area contributed by atoms with Crippen LogP contribution in [0.25, 0.3) is 0 Å². The molecule has 3 aromatic carbocycles. The van der Waals surface area contributed by atoms with Gasteiger partial charge in [-0.2, -0.15) is 0 Å². The molecule has 1 heterocycles. The Morgan fingerprint density at radius 1 is 1.07 bits per heavy atom. The van der Waals surface area contributed by atoms with E-state index in [2.05, 4.69) is 4.72 Å². The number of rotatable bonds is 6. The normalized spacial score (nSPS) is 13.3. The van der Waals surface area contributed by atoms with E-state index in [1.807, 2.05) is 36.2 Å². The van der Waals surface area contributed by atoms with Crippen LogP contribution in [0.1, 0.15) is 5.56 Å². The summed E-state index contributed by atoms with van der Waals surface area (Å²) >= 11 is 5.88. The van der Waals surface area contributed by atoms with Crippen LogP contribution in [-0.2, 0) is 16.6 Å². The fourth-order valence-corrected chi connectivity index (χ4v) is 4.28. The van der Waals surface area contributed by atoms with Crippen LogP contribution in [0.3, 0.4) is 0 Å². The average Bonchev–Trinajstić information content (AvgIpc) is 2.74. The van der Waals surface area contributed by atoms with Gasteiger partial charge in [0.1, 0.15) is 24.7 Å². The molecule has 0 bridgehead atoms. The van der Waals surface area contributed by atoms with Gasteiger partial charge in [0.05, 0.1) is 17.1 Å². The second-order valence-corrected chi connectivity index (χ2v) is 9.06. The maximum Gasteiger partial charge on any atom is 0.261 e. The molecule has 0 radical (unpaired) electrons. The summed E-state index contributed by atoms with van der Waals surface area (Å²) in [6.07, 6.45) is 0. The lowest BCUT2D eigenvalue weighted by molar-refractivity contribution is 0.306. The highest BCUT2D eigenvalue weighted by Crippen LogP contribution is 2.33. The standard InChI is InChI=1S/C22H21ClN2O4S/c1-25-12-13-28-22-11-10-20(14-21(22)25)30(26,27)24-18-6-8-19(9-7-18)29-15-16-2-4-17(23)5-3-16/h2-11,14,24H,12-13,15H2,1H3. The number of sulfonamides is 1. The zero-order chi connectivity index (χ0) is 21.1. The molecule has 4 rings (SSSR count). The second kappa shape index (κ2) is 8.45. The van der Waals surface area contributed by atoms with Crippen molar-refractivity contribution in [2.45, 2.75) is 11.5 Å². The Hall–Kier alpha value is -2.90. The fraction of sp³-hybridized carbons (Fsp3) is 0.182. The Kier molecular flexibility index (Phi) is 5.74. The molecule has 0 saturated heterocycles. The Bertz CT molecular complexity index is 1130. The fourth-order valence-electron chi connectivity index (χ4n) is 3.08. The van der Waals surface area contributed by atoms with E-state index in [-0.39, 0.29) is 4.90 Å². The van der Waals surface area contributed by atoms with Crippen LogP contribution in [0.4, 0.5) is 11.4 Å². The summed E-state index contributed by atoms with van der Waals surface area (Å²) in [6, 6.07) is 19.1. The highest BCUT2D eigenvalue weighted by Gasteiger charge is 2.20. The van der Waals surface area contributed by atoms with Crippen LogP contribution in [0.5, 0.6) is 11.5 Å². The van der Waals surface area contributed by atoms with Gasteiger partial charge in [0.2, 0.25) is 0 Å². The minimum absolute atomic E-state index is 0.182. The monoisotopic (exact) mass is 444 g/mol. The number of likely N-dealkylation sites (N-methyl/N-ethyl adjacent to an activating group) is 1. The minimum Gasteiger partial charge on any atom is -0.490 e. The van der Waals surface area contributed by atoms with Crippen molar-refractivity contribution in [2.75, 3.05) is 29.8 Å². The highest BCUT2D eigenvalue weighted by molar-refractivity contribution is 7.92. The first-order valence-corrected chi connectivity index (χ1v) is 11.2. The first-order valence-electron chi connectivity index (χ1n) is 9.39. The summed E-state index contributed by atoms with van der Waals surface area (Å²) in [6.45, 7) is 1.69. The second-order valence-electron chi connectivity index (χ2n) is 6.94. The zero-order valence-electron chi connectivity index (χ0n) is 16.3. The topological polar surface area (TPSA) is 67.9 Å². The molecule has 0 fully saturated rings. The molecule has 1 aliphatic rings. The van der Waals surface area contributed by atoms with E-state index >= 15 is 0 Å². The molecule has 0 aliphatic carbocycles. The van der Waals surface area contributed by atoms with Crippen LogP contribution in [-0.4, -0.2) is 28.6 Å². The number of hydrogen-bond acceptors (Lipinski definition) is 5. The third-order valence-electron chi connectivity index (χ3n) is 4.76. The molecule has 3 aromatic rings. The Balaban J connectivity index is 1.43. The van der Waals surface area contributed by atoms with Crippen LogP contribution in [0.15, 0.2) is 71.6 Å². The Labute approximate surface area is 181 Å². The molecule has 6 nitrogen and oxygen atoms in total. The lowest BCUT2D eigenvalue weighted by Crippen LogP contribution is -2.29. The molecule has 0 saturated carbocycles. The van der Waals surface area contributed by atoms with Crippen molar-refractivity contribution in [3.05, 3.63) is 77.3 Å². The quantitative estimate of drug-likeness (QED) is 0.604. The van der Waals surface area contributed by atoms with Crippen molar-refractivity contribution in [3.8, 4) is 11.5 Å². The first kappa shape index (κ1) is 20.4. The van der Waals surface area contributed by atoms with Crippen molar-refractivity contribution in [3.63, 3.8) is 0 Å². The number of fused-ring (bicyclic) bond motifs is 1. The summed E-state index contributed by atoms with van der Waals surface area (Å²) < 4.78 is 39.5. The number of nitrogens with zero attached hydrogens (tertiary/aromatic N) is 1. The third kappa shape index (κ3) is 4.63. The van der Waals surface area contributed by atoms with Crippen LogP contribution in [0.2, 0.25) is 5.02 Å². The van der Waals surface area contributed by atoms with Crippen molar-refractivity contribution >= 4 is 33.0 Å². The molecule has 0 unspecified atom stereocenters. The lowest BCUT2D eigenvalue weighted by Gasteiger charge is -2.28. The van der Waals surface area contributed by atoms with Gasteiger partial charge in [0.15, 0.2) is 0 Å². The zero-order valence-corrected chi connectivity index (χ0v) is 17.9. The highest BCUT2D eigenvalue weighted by atomic mass is 35.5. The molecule has 0 spiro atoms. The van der Waals surface area contributed by atoms with Gasteiger partial charge in [-0.05, 0) is 60.2 Å². The largest absolute Gasteiger partial charge is 0.490 e. The summed E-state index contributed by atoms with van der Waals surface area (Å²) in [5.41, 5.74) is 2.21. The maximum atomic E-state index is 12.8. The number of halogens is 1. The van der Waals surface area contributed by atoms with Crippen molar-refractivity contribution in [1.29, 1.82) is 0 Å². The number of nitrogens with one attached hydrogen (secondary N) is 1. The molecule has 0 atom stereocenters. The van der Waals surface area contributed by atoms with Crippen molar-refractivity contribution < 1.29 is 17.9 Å². The van der Waals surface area contributed by atoms with Gasteiger partial charge in [-0.15, -0.1) is 0 Å². The summed E-state index contributed by atoms with van der Waals surface area (Å²) in [5.74, 6) is 1.32. The third-order valence-corrected chi connectivity index (χ3v) is 6.39. The van der Waals surface area contributed by atoms with Crippen molar-refractivity contribution in [1.82, 2.24) is 0 Å². The van der Waals surface area contributed by atoms with E-state index < -0.39 is 10.0 Å². The van der Waals surface area contributed by atoms with Crippen LogP contribution < -0.4 is 19.1 Å². The number of benzene rings is 3. The summed E-state index contributed by atoms with van der Waals surface area (Å²) in [4.78, 5) is 2.16. The van der Waals surface area contributed by atoms with E-state index in [9.17, 15) is 8.42 Å². The SMILES string of the molecule is CN1CCOc2ccc(S(=O)(=O)Nc3ccc(OCc4ccc(Cl)cc4)cc3)cc21. The first-order chi connectivity index (χ1) is 14.4. The van der Waals surface area contributed by atoms with Gasteiger partial charge >= 0.3 is 0 Å².